The second-order valence-corrected chi connectivity index (χ2v) is 4.87. The number of aromatic amines is 2. The molecule has 2 heterocycles. The Hall–Kier alpha value is -3.08. The molecule has 0 fully saturated rings. The first-order valence-electron chi connectivity index (χ1n) is 6.61. The van der Waals surface area contributed by atoms with Crippen LogP contribution in [-0.2, 0) is 0 Å². The van der Waals surface area contributed by atoms with E-state index in [1.165, 1.54) is 0 Å². The van der Waals surface area contributed by atoms with Crippen LogP contribution in [-0.4, -0.2) is 20.9 Å². The van der Waals surface area contributed by atoms with E-state index in [1.54, 1.807) is 18.5 Å². The van der Waals surface area contributed by atoms with Gasteiger partial charge in [0.25, 0.3) is 5.91 Å². The minimum atomic E-state index is -0.138. The molecular formula is C16H12N4O. The molecule has 102 valence electrons. The number of amides is 1. The van der Waals surface area contributed by atoms with Gasteiger partial charge < -0.3 is 15.3 Å². The third kappa shape index (κ3) is 2.04. The molecule has 0 bridgehead atoms. The van der Waals surface area contributed by atoms with E-state index in [4.69, 9.17) is 0 Å². The molecule has 0 saturated heterocycles. The number of nitrogens with one attached hydrogen (secondary N) is 3. The normalized spacial score (nSPS) is 11.0. The van der Waals surface area contributed by atoms with Crippen LogP contribution in [0.5, 0.6) is 0 Å². The van der Waals surface area contributed by atoms with Gasteiger partial charge in [0.1, 0.15) is 0 Å². The first-order valence-corrected chi connectivity index (χ1v) is 6.61. The van der Waals surface area contributed by atoms with Gasteiger partial charge in [0, 0.05) is 28.4 Å². The molecule has 0 aliphatic carbocycles. The van der Waals surface area contributed by atoms with Crippen molar-refractivity contribution in [3.8, 4) is 0 Å². The fourth-order valence-corrected chi connectivity index (χ4v) is 2.41. The predicted octanol–water partition coefficient (Wildman–Crippen LogP) is 3.30. The van der Waals surface area contributed by atoms with Crippen molar-refractivity contribution in [1.29, 1.82) is 0 Å². The van der Waals surface area contributed by atoms with E-state index >= 15 is 0 Å². The summed E-state index contributed by atoms with van der Waals surface area (Å²) in [5, 5.41) is 3.98. The molecule has 2 aromatic heterocycles. The van der Waals surface area contributed by atoms with Crippen LogP contribution in [0, 0.1) is 0 Å². The van der Waals surface area contributed by atoms with Gasteiger partial charge in [-0.15, -0.1) is 0 Å². The molecule has 0 aliphatic rings. The first-order chi connectivity index (χ1) is 10.3. The number of carbonyl (C=O) groups excluding carboxylic acids is 1. The average Bonchev–Trinajstić information content (AvgIpc) is 3.14. The monoisotopic (exact) mass is 276 g/mol. The largest absolute Gasteiger partial charge is 0.361 e. The Labute approximate surface area is 120 Å². The number of nitrogens with zero attached hydrogens (tertiary/aromatic N) is 1. The first kappa shape index (κ1) is 11.7. The molecule has 0 radical (unpaired) electrons. The summed E-state index contributed by atoms with van der Waals surface area (Å²) in [4.78, 5) is 22.6. The van der Waals surface area contributed by atoms with Crippen molar-refractivity contribution in [3.63, 3.8) is 0 Å². The Morgan fingerprint density at radius 1 is 1.00 bits per heavy atom. The number of carbonyl (C=O) groups is 1. The highest BCUT2D eigenvalue weighted by Gasteiger charge is 2.08. The van der Waals surface area contributed by atoms with Gasteiger partial charge in [-0.2, -0.15) is 0 Å². The van der Waals surface area contributed by atoms with E-state index in [0.29, 0.717) is 5.56 Å². The smallest absolute Gasteiger partial charge is 0.255 e. The molecule has 5 nitrogen and oxygen atoms in total. The summed E-state index contributed by atoms with van der Waals surface area (Å²) in [7, 11) is 0. The molecule has 0 aliphatic heterocycles. The molecule has 0 atom stereocenters. The third-order valence-corrected chi connectivity index (χ3v) is 3.49. The van der Waals surface area contributed by atoms with E-state index < -0.39 is 0 Å². The van der Waals surface area contributed by atoms with Crippen LogP contribution in [0.1, 0.15) is 10.4 Å². The number of fused-ring (bicyclic) bond motifs is 2. The van der Waals surface area contributed by atoms with Gasteiger partial charge in [-0.25, -0.2) is 4.98 Å². The van der Waals surface area contributed by atoms with E-state index in [0.717, 1.165) is 27.6 Å². The highest BCUT2D eigenvalue weighted by Crippen LogP contribution is 2.19. The van der Waals surface area contributed by atoms with Gasteiger partial charge in [-0.1, -0.05) is 0 Å². The lowest BCUT2D eigenvalue weighted by Gasteiger charge is -2.05. The van der Waals surface area contributed by atoms with E-state index in [1.807, 2.05) is 36.5 Å². The SMILES string of the molecule is O=C(Nc1ccc2[nH]ccc2c1)c1ccc2nc[nH]c2c1. The number of rotatable bonds is 2. The average molecular weight is 276 g/mol. The Balaban J connectivity index is 1.64. The molecule has 21 heavy (non-hydrogen) atoms. The Morgan fingerprint density at radius 2 is 1.95 bits per heavy atom. The van der Waals surface area contributed by atoms with Crippen LogP contribution in [0.4, 0.5) is 5.69 Å². The Bertz CT molecular complexity index is 951. The van der Waals surface area contributed by atoms with Crippen LogP contribution >= 0.6 is 0 Å². The highest BCUT2D eigenvalue weighted by molar-refractivity contribution is 6.06. The minimum absolute atomic E-state index is 0.138. The van der Waals surface area contributed by atoms with Crippen LogP contribution in [0.15, 0.2) is 55.0 Å². The van der Waals surface area contributed by atoms with Crippen molar-refractivity contribution in [2.45, 2.75) is 0 Å². The fraction of sp³-hybridized carbons (Fsp3) is 0. The lowest BCUT2D eigenvalue weighted by atomic mass is 10.1. The zero-order valence-corrected chi connectivity index (χ0v) is 11.1. The lowest BCUT2D eigenvalue weighted by Crippen LogP contribution is -2.11. The summed E-state index contributed by atoms with van der Waals surface area (Å²) in [6.45, 7) is 0. The number of H-pyrrole nitrogens is 2. The van der Waals surface area contributed by atoms with Gasteiger partial charge in [0.05, 0.1) is 17.4 Å². The standard InChI is InChI=1S/C16H12N4O/c21-16(11-1-3-14-15(8-11)19-9-18-14)20-12-2-4-13-10(7-12)5-6-17-13/h1-9,17H,(H,18,19)(H,20,21). The van der Waals surface area contributed by atoms with E-state index in [2.05, 4.69) is 20.3 Å². The van der Waals surface area contributed by atoms with Gasteiger partial charge in [-0.3, -0.25) is 4.79 Å². The van der Waals surface area contributed by atoms with Crippen molar-refractivity contribution in [3.05, 3.63) is 60.6 Å². The number of hydrogen-bond donors (Lipinski definition) is 3. The quantitative estimate of drug-likeness (QED) is 0.525. The predicted molar refractivity (Wildman–Crippen MR) is 82.3 cm³/mol. The third-order valence-electron chi connectivity index (χ3n) is 3.49. The molecule has 4 rings (SSSR count). The second kappa shape index (κ2) is 4.49. The number of benzene rings is 2. The van der Waals surface area contributed by atoms with Gasteiger partial charge in [0.2, 0.25) is 0 Å². The summed E-state index contributed by atoms with van der Waals surface area (Å²) < 4.78 is 0. The fourth-order valence-electron chi connectivity index (χ4n) is 2.41. The van der Waals surface area contributed by atoms with Crippen LogP contribution in [0.3, 0.4) is 0 Å². The lowest BCUT2D eigenvalue weighted by molar-refractivity contribution is 0.102. The number of aromatic nitrogens is 3. The van der Waals surface area contributed by atoms with Gasteiger partial charge in [-0.05, 0) is 42.5 Å². The van der Waals surface area contributed by atoms with Crippen molar-refractivity contribution >= 4 is 33.5 Å². The van der Waals surface area contributed by atoms with Crippen LogP contribution in [0.2, 0.25) is 0 Å². The van der Waals surface area contributed by atoms with Gasteiger partial charge in [0.15, 0.2) is 0 Å². The van der Waals surface area contributed by atoms with Crippen LogP contribution in [0.25, 0.3) is 21.9 Å². The van der Waals surface area contributed by atoms with Gasteiger partial charge >= 0.3 is 0 Å². The summed E-state index contributed by atoms with van der Waals surface area (Å²) in [5.41, 5.74) is 4.12. The molecule has 2 aromatic carbocycles. The van der Waals surface area contributed by atoms with Crippen molar-refractivity contribution in [2.75, 3.05) is 5.32 Å². The Morgan fingerprint density at radius 3 is 2.90 bits per heavy atom. The molecular weight excluding hydrogens is 264 g/mol. The molecule has 1 amide bonds. The summed E-state index contributed by atoms with van der Waals surface area (Å²) in [6.07, 6.45) is 3.49. The second-order valence-electron chi connectivity index (χ2n) is 4.87. The van der Waals surface area contributed by atoms with Crippen molar-refractivity contribution in [2.24, 2.45) is 0 Å². The zero-order chi connectivity index (χ0) is 14.2. The maximum Gasteiger partial charge on any atom is 0.255 e. The maximum atomic E-state index is 12.3. The molecule has 0 saturated carbocycles. The summed E-state index contributed by atoms with van der Waals surface area (Å²) in [5.74, 6) is -0.138. The number of hydrogen-bond acceptors (Lipinski definition) is 2. The number of imidazole rings is 1. The maximum absolute atomic E-state index is 12.3. The molecule has 5 heteroatoms. The zero-order valence-electron chi connectivity index (χ0n) is 11.1. The topological polar surface area (TPSA) is 73.6 Å². The molecule has 0 unspecified atom stereocenters. The molecule has 0 spiro atoms. The molecule has 4 aromatic rings. The number of anilines is 1. The van der Waals surface area contributed by atoms with Crippen molar-refractivity contribution in [1.82, 2.24) is 15.0 Å². The summed E-state index contributed by atoms with van der Waals surface area (Å²) >= 11 is 0. The molecule has 3 N–H and O–H groups in total. The van der Waals surface area contributed by atoms with E-state index in [-0.39, 0.29) is 5.91 Å². The minimum Gasteiger partial charge on any atom is -0.361 e. The van der Waals surface area contributed by atoms with E-state index in [9.17, 15) is 4.79 Å². The summed E-state index contributed by atoms with van der Waals surface area (Å²) in [6, 6.07) is 13.1. The van der Waals surface area contributed by atoms with Crippen LogP contribution < -0.4 is 5.32 Å². The van der Waals surface area contributed by atoms with Crippen molar-refractivity contribution < 1.29 is 4.79 Å². The highest BCUT2D eigenvalue weighted by atomic mass is 16.1. The Kier molecular flexibility index (Phi) is 2.50.